The molecule has 0 radical (unpaired) electrons. The van der Waals surface area contributed by atoms with Gasteiger partial charge in [0.2, 0.25) is 5.76 Å². The van der Waals surface area contributed by atoms with Gasteiger partial charge in [0.1, 0.15) is 11.4 Å². The van der Waals surface area contributed by atoms with Crippen LogP contribution in [0.3, 0.4) is 0 Å². The van der Waals surface area contributed by atoms with Gasteiger partial charge < -0.3 is 9.32 Å². The Balaban J connectivity index is 2.04. The lowest BCUT2D eigenvalue weighted by atomic mass is 9.97. The number of carbonyl (C=O) groups is 1. The quantitative estimate of drug-likeness (QED) is 0.686. The lowest BCUT2D eigenvalue weighted by Gasteiger charge is -2.24. The Morgan fingerprint density at radius 2 is 1.81 bits per heavy atom. The highest BCUT2D eigenvalue weighted by atomic mass is 19.1. The van der Waals surface area contributed by atoms with Gasteiger partial charge in [0.15, 0.2) is 5.43 Å². The first-order chi connectivity index (χ1) is 12.9. The van der Waals surface area contributed by atoms with Crippen LogP contribution in [0.5, 0.6) is 0 Å². The van der Waals surface area contributed by atoms with E-state index in [9.17, 15) is 14.0 Å². The number of carbonyl (C=O) groups excluding carboxylic acids is 1. The van der Waals surface area contributed by atoms with E-state index >= 15 is 0 Å². The van der Waals surface area contributed by atoms with Crippen molar-refractivity contribution in [3.8, 4) is 0 Å². The lowest BCUT2D eigenvalue weighted by Crippen LogP contribution is -2.30. The zero-order valence-electron chi connectivity index (χ0n) is 15.5. The number of fused-ring (bicyclic) bond motifs is 2. The normalized spacial score (nSPS) is 16.2. The van der Waals surface area contributed by atoms with E-state index in [0.717, 1.165) is 17.5 Å². The summed E-state index contributed by atoms with van der Waals surface area (Å²) in [6.07, 6.45) is 0.739. The van der Waals surface area contributed by atoms with E-state index < -0.39 is 6.04 Å². The van der Waals surface area contributed by atoms with Crippen molar-refractivity contribution in [2.24, 2.45) is 0 Å². The maximum Gasteiger partial charge on any atom is 0.290 e. The van der Waals surface area contributed by atoms with Gasteiger partial charge in [-0.3, -0.25) is 9.59 Å². The van der Waals surface area contributed by atoms with E-state index in [-0.39, 0.29) is 22.9 Å². The summed E-state index contributed by atoms with van der Waals surface area (Å²) < 4.78 is 19.4. The molecule has 0 bridgehead atoms. The van der Waals surface area contributed by atoms with Crippen molar-refractivity contribution in [2.75, 3.05) is 6.54 Å². The highest BCUT2D eigenvalue weighted by molar-refractivity contribution is 5.99. The third-order valence-corrected chi connectivity index (χ3v) is 5.05. The van der Waals surface area contributed by atoms with Gasteiger partial charge in [0.25, 0.3) is 5.91 Å². The highest BCUT2D eigenvalue weighted by Gasteiger charge is 2.42. The van der Waals surface area contributed by atoms with Crippen LogP contribution in [0, 0.1) is 19.7 Å². The monoisotopic (exact) mass is 365 g/mol. The molecule has 138 valence electrons. The zero-order chi connectivity index (χ0) is 19.3. The Bertz CT molecular complexity index is 1120. The minimum absolute atomic E-state index is 0.0993. The standard InChI is InChI=1S/C22H20FNO3/c1-4-9-24-18(14-5-7-15(23)8-6-14)17-19(25)16-11-12(2)10-13(3)20(16)27-21(17)22(24)26/h5-8,10-11,18H,4,9H2,1-3H3. The van der Waals surface area contributed by atoms with Gasteiger partial charge in [0.05, 0.1) is 17.0 Å². The van der Waals surface area contributed by atoms with Crippen LogP contribution < -0.4 is 5.43 Å². The van der Waals surface area contributed by atoms with Crippen LogP contribution in [0.4, 0.5) is 4.39 Å². The average Bonchev–Trinajstić information content (AvgIpc) is 2.90. The van der Waals surface area contributed by atoms with E-state index in [0.29, 0.717) is 28.6 Å². The molecule has 0 N–H and O–H groups in total. The lowest BCUT2D eigenvalue weighted by molar-refractivity contribution is 0.0728. The molecule has 3 aromatic rings. The first-order valence-corrected chi connectivity index (χ1v) is 9.06. The number of nitrogens with zero attached hydrogens (tertiary/aromatic N) is 1. The Morgan fingerprint density at radius 3 is 2.48 bits per heavy atom. The molecular weight excluding hydrogens is 345 g/mol. The largest absolute Gasteiger partial charge is 0.450 e. The van der Waals surface area contributed by atoms with Gasteiger partial charge in [-0.15, -0.1) is 0 Å². The van der Waals surface area contributed by atoms with Crippen LogP contribution >= 0.6 is 0 Å². The molecule has 4 rings (SSSR count). The minimum atomic E-state index is -0.561. The van der Waals surface area contributed by atoms with Gasteiger partial charge in [0, 0.05) is 6.54 Å². The van der Waals surface area contributed by atoms with Crippen molar-refractivity contribution in [1.29, 1.82) is 0 Å². The third-order valence-electron chi connectivity index (χ3n) is 5.05. The summed E-state index contributed by atoms with van der Waals surface area (Å²) in [6.45, 7) is 6.24. The fraction of sp³-hybridized carbons (Fsp3) is 0.273. The van der Waals surface area contributed by atoms with Crippen LogP contribution in [-0.2, 0) is 0 Å². The first kappa shape index (κ1) is 17.5. The van der Waals surface area contributed by atoms with Gasteiger partial charge in [-0.05, 0) is 55.2 Å². The SMILES string of the molecule is CCCN1C(=O)c2oc3c(C)cc(C)cc3c(=O)c2C1c1ccc(F)cc1. The molecule has 1 aromatic heterocycles. The summed E-state index contributed by atoms with van der Waals surface area (Å²) in [4.78, 5) is 28.0. The van der Waals surface area contributed by atoms with E-state index in [1.165, 1.54) is 12.1 Å². The number of halogens is 1. The van der Waals surface area contributed by atoms with E-state index in [1.807, 2.05) is 26.8 Å². The van der Waals surface area contributed by atoms with Crippen molar-refractivity contribution < 1.29 is 13.6 Å². The van der Waals surface area contributed by atoms with Crippen LogP contribution in [0.2, 0.25) is 0 Å². The molecule has 1 amide bonds. The highest BCUT2D eigenvalue weighted by Crippen LogP contribution is 2.38. The molecule has 27 heavy (non-hydrogen) atoms. The molecule has 0 aliphatic carbocycles. The molecule has 1 aliphatic rings. The molecular formula is C22H20FNO3. The van der Waals surface area contributed by atoms with Gasteiger partial charge in [-0.2, -0.15) is 0 Å². The molecule has 1 unspecified atom stereocenters. The molecule has 0 saturated heterocycles. The van der Waals surface area contributed by atoms with Gasteiger partial charge in [-0.25, -0.2) is 4.39 Å². The molecule has 1 atom stereocenters. The van der Waals surface area contributed by atoms with E-state index in [4.69, 9.17) is 4.42 Å². The van der Waals surface area contributed by atoms with Crippen molar-refractivity contribution in [2.45, 2.75) is 33.2 Å². The number of benzene rings is 2. The van der Waals surface area contributed by atoms with Crippen LogP contribution in [0.1, 0.15) is 52.2 Å². The molecule has 1 aliphatic heterocycles. The van der Waals surface area contributed by atoms with Crippen molar-refractivity contribution >= 4 is 16.9 Å². The van der Waals surface area contributed by atoms with Crippen molar-refractivity contribution in [1.82, 2.24) is 4.90 Å². The van der Waals surface area contributed by atoms with Gasteiger partial charge in [-0.1, -0.05) is 25.1 Å². The molecule has 2 aromatic carbocycles. The first-order valence-electron chi connectivity index (χ1n) is 9.06. The average molecular weight is 365 g/mol. The van der Waals surface area contributed by atoms with E-state index in [2.05, 4.69) is 0 Å². The van der Waals surface area contributed by atoms with Gasteiger partial charge >= 0.3 is 0 Å². The molecule has 4 nitrogen and oxygen atoms in total. The fourth-order valence-corrected chi connectivity index (χ4v) is 3.94. The van der Waals surface area contributed by atoms with Crippen LogP contribution in [0.25, 0.3) is 11.0 Å². The second-order valence-electron chi connectivity index (χ2n) is 7.09. The molecule has 0 fully saturated rings. The zero-order valence-corrected chi connectivity index (χ0v) is 15.5. The molecule has 0 spiro atoms. The van der Waals surface area contributed by atoms with Crippen LogP contribution in [0.15, 0.2) is 45.6 Å². The Labute approximate surface area is 156 Å². The number of aryl methyl sites for hydroxylation is 2. The summed E-state index contributed by atoms with van der Waals surface area (Å²) in [6, 6.07) is 9.10. The van der Waals surface area contributed by atoms with E-state index in [1.54, 1.807) is 23.1 Å². The summed E-state index contributed by atoms with van der Waals surface area (Å²) in [5.41, 5.74) is 3.09. The van der Waals surface area contributed by atoms with Crippen molar-refractivity contribution in [3.63, 3.8) is 0 Å². The number of rotatable bonds is 3. The Hall–Kier alpha value is -2.95. The van der Waals surface area contributed by atoms with Crippen LogP contribution in [-0.4, -0.2) is 17.4 Å². The second-order valence-corrected chi connectivity index (χ2v) is 7.09. The second kappa shape index (κ2) is 6.34. The smallest absolute Gasteiger partial charge is 0.290 e. The summed E-state index contributed by atoms with van der Waals surface area (Å²) in [5, 5.41) is 0.476. The topological polar surface area (TPSA) is 50.5 Å². The summed E-state index contributed by atoms with van der Waals surface area (Å²) in [5.74, 6) is -0.551. The Kier molecular flexibility index (Phi) is 4.10. The van der Waals surface area contributed by atoms with Crippen molar-refractivity contribution in [3.05, 3.63) is 80.5 Å². The maximum absolute atomic E-state index is 13.4. The number of hydrogen-bond acceptors (Lipinski definition) is 3. The minimum Gasteiger partial charge on any atom is -0.450 e. The maximum atomic E-state index is 13.4. The molecule has 2 heterocycles. The third kappa shape index (κ3) is 2.65. The predicted octanol–water partition coefficient (Wildman–Crippen LogP) is 4.50. The molecule has 0 saturated carbocycles. The summed E-state index contributed by atoms with van der Waals surface area (Å²) in [7, 11) is 0. The number of hydrogen-bond donors (Lipinski definition) is 0. The summed E-state index contributed by atoms with van der Waals surface area (Å²) >= 11 is 0. The predicted molar refractivity (Wildman–Crippen MR) is 102 cm³/mol. The Morgan fingerprint density at radius 1 is 1.11 bits per heavy atom. The fourth-order valence-electron chi connectivity index (χ4n) is 3.94. The molecule has 5 heteroatoms. The number of amides is 1.